The van der Waals surface area contributed by atoms with E-state index in [4.69, 9.17) is 5.26 Å². The molecule has 1 aromatic heterocycles. The van der Waals surface area contributed by atoms with Crippen LogP contribution in [0.2, 0.25) is 0 Å². The summed E-state index contributed by atoms with van der Waals surface area (Å²) in [7, 11) is 0. The number of aryl methyl sites for hydroxylation is 1. The van der Waals surface area contributed by atoms with Crippen LogP contribution in [0.5, 0.6) is 0 Å². The van der Waals surface area contributed by atoms with Gasteiger partial charge in [-0.05, 0) is 30.9 Å². The van der Waals surface area contributed by atoms with Gasteiger partial charge in [-0.25, -0.2) is 9.36 Å². The van der Waals surface area contributed by atoms with E-state index in [1.165, 1.54) is 0 Å². The fourth-order valence-corrected chi connectivity index (χ4v) is 2.30. The normalized spacial score (nSPS) is 10.2. The van der Waals surface area contributed by atoms with E-state index >= 15 is 0 Å². The van der Waals surface area contributed by atoms with Crippen molar-refractivity contribution >= 4 is 11.8 Å². The molecule has 0 saturated carbocycles. The van der Waals surface area contributed by atoms with E-state index < -0.39 is 11.2 Å². The molecule has 0 radical (unpaired) electrons. The molecule has 6 heteroatoms. The molecule has 96 valence electrons. The van der Waals surface area contributed by atoms with E-state index in [0.29, 0.717) is 10.7 Å². The van der Waals surface area contributed by atoms with E-state index in [-0.39, 0.29) is 5.56 Å². The lowest BCUT2D eigenvalue weighted by molar-refractivity contribution is 0.823. The summed E-state index contributed by atoms with van der Waals surface area (Å²) in [6.45, 7) is 1.87. The zero-order valence-electron chi connectivity index (χ0n) is 10.4. The van der Waals surface area contributed by atoms with Gasteiger partial charge in [0.1, 0.15) is 11.6 Å². The summed E-state index contributed by atoms with van der Waals surface area (Å²) in [6.07, 6.45) is 1.70. The van der Waals surface area contributed by atoms with Gasteiger partial charge in [-0.2, -0.15) is 5.26 Å². The van der Waals surface area contributed by atoms with Crippen LogP contribution in [0.25, 0.3) is 5.69 Å². The van der Waals surface area contributed by atoms with Crippen molar-refractivity contribution < 1.29 is 0 Å². The molecule has 2 aromatic rings. The van der Waals surface area contributed by atoms with Crippen molar-refractivity contribution in [2.75, 3.05) is 6.26 Å². The van der Waals surface area contributed by atoms with Gasteiger partial charge in [0.25, 0.3) is 5.56 Å². The Balaban J connectivity index is 2.83. The molecule has 1 aromatic carbocycles. The Bertz CT molecular complexity index is 784. The molecular weight excluding hydrogens is 262 g/mol. The van der Waals surface area contributed by atoms with Crippen molar-refractivity contribution in [2.24, 2.45) is 0 Å². The number of benzene rings is 1. The number of thioether (sulfide) groups is 1. The summed E-state index contributed by atoms with van der Waals surface area (Å²) >= 11 is 1.16. The minimum absolute atomic E-state index is 0.0476. The molecule has 0 atom stereocenters. The average Bonchev–Trinajstić information content (AvgIpc) is 2.38. The molecular formula is C13H11N3O2S. The van der Waals surface area contributed by atoms with Crippen molar-refractivity contribution in [3.63, 3.8) is 0 Å². The van der Waals surface area contributed by atoms with Crippen molar-refractivity contribution in [3.8, 4) is 11.8 Å². The van der Waals surface area contributed by atoms with E-state index in [2.05, 4.69) is 4.98 Å². The van der Waals surface area contributed by atoms with Crippen LogP contribution in [0.3, 0.4) is 0 Å². The van der Waals surface area contributed by atoms with Gasteiger partial charge >= 0.3 is 5.69 Å². The first-order valence-electron chi connectivity index (χ1n) is 5.49. The van der Waals surface area contributed by atoms with E-state index in [9.17, 15) is 9.59 Å². The first kappa shape index (κ1) is 13.2. The summed E-state index contributed by atoms with van der Waals surface area (Å²) < 4.78 is 0.977. The van der Waals surface area contributed by atoms with Gasteiger partial charge in [-0.15, -0.1) is 11.8 Å². The maximum atomic E-state index is 12.2. The summed E-state index contributed by atoms with van der Waals surface area (Å²) in [4.78, 5) is 26.8. The van der Waals surface area contributed by atoms with E-state index in [1.54, 1.807) is 24.5 Å². The van der Waals surface area contributed by atoms with Gasteiger partial charge in [0.15, 0.2) is 0 Å². The number of rotatable bonds is 2. The van der Waals surface area contributed by atoms with Crippen LogP contribution < -0.4 is 11.2 Å². The SMILES string of the molecule is CSc1[nH]c(=O)n(-c2cccc(C)c2)c(=O)c1C#N. The second kappa shape index (κ2) is 5.16. The Morgan fingerprint density at radius 2 is 2.11 bits per heavy atom. The summed E-state index contributed by atoms with van der Waals surface area (Å²) in [5.74, 6) is 0. The van der Waals surface area contributed by atoms with Crippen molar-refractivity contribution in [3.05, 3.63) is 56.2 Å². The van der Waals surface area contributed by atoms with Gasteiger partial charge in [0.2, 0.25) is 0 Å². The van der Waals surface area contributed by atoms with Crippen molar-refractivity contribution in [1.82, 2.24) is 9.55 Å². The second-order valence-corrected chi connectivity index (χ2v) is 4.75. The number of nitrogens with zero attached hydrogens (tertiary/aromatic N) is 2. The molecule has 0 saturated heterocycles. The molecule has 0 unspecified atom stereocenters. The third-order valence-electron chi connectivity index (χ3n) is 2.64. The molecule has 19 heavy (non-hydrogen) atoms. The molecule has 5 nitrogen and oxygen atoms in total. The minimum Gasteiger partial charge on any atom is -0.300 e. The zero-order chi connectivity index (χ0) is 14.0. The third kappa shape index (κ3) is 2.33. The molecule has 0 aliphatic carbocycles. The lowest BCUT2D eigenvalue weighted by Gasteiger charge is -2.07. The Kier molecular flexibility index (Phi) is 3.58. The van der Waals surface area contributed by atoms with Crippen LogP contribution in [0, 0.1) is 18.3 Å². The number of aromatic amines is 1. The fourth-order valence-electron chi connectivity index (χ4n) is 1.77. The molecule has 0 spiro atoms. The Morgan fingerprint density at radius 3 is 2.68 bits per heavy atom. The lowest BCUT2D eigenvalue weighted by atomic mass is 10.2. The predicted molar refractivity (Wildman–Crippen MR) is 73.9 cm³/mol. The van der Waals surface area contributed by atoms with Crippen LogP contribution in [0.4, 0.5) is 0 Å². The standard InChI is InChI=1S/C13H11N3O2S/c1-8-4-3-5-9(6-8)16-12(17)10(7-14)11(19-2)15-13(16)18/h3-6H,1-2H3,(H,15,18). The maximum absolute atomic E-state index is 12.2. The lowest BCUT2D eigenvalue weighted by Crippen LogP contribution is -2.35. The fraction of sp³-hybridized carbons (Fsp3) is 0.154. The smallest absolute Gasteiger partial charge is 0.300 e. The third-order valence-corrected chi connectivity index (χ3v) is 3.36. The number of hydrogen-bond donors (Lipinski definition) is 1. The van der Waals surface area contributed by atoms with Crippen molar-refractivity contribution in [1.29, 1.82) is 5.26 Å². The zero-order valence-corrected chi connectivity index (χ0v) is 11.2. The summed E-state index contributed by atoms with van der Waals surface area (Å²) in [6, 6.07) is 8.84. The Morgan fingerprint density at radius 1 is 1.37 bits per heavy atom. The highest BCUT2D eigenvalue weighted by molar-refractivity contribution is 7.98. The summed E-state index contributed by atoms with van der Waals surface area (Å²) in [5.41, 5.74) is 0.195. The van der Waals surface area contributed by atoms with Crippen molar-refractivity contribution in [2.45, 2.75) is 11.9 Å². The maximum Gasteiger partial charge on any atom is 0.333 e. The van der Waals surface area contributed by atoms with Gasteiger partial charge in [0.05, 0.1) is 10.7 Å². The highest BCUT2D eigenvalue weighted by Crippen LogP contribution is 2.13. The van der Waals surface area contributed by atoms with Crippen LogP contribution >= 0.6 is 11.8 Å². The molecule has 1 heterocycles. The molecule has 0 fully saturated rings. The molecule has 2 rings (SSSR count). The van der Waals surface area contributed by atoms with Crippen LogP contribution in [0.15, 0.2) is 38.9 Å². The van der Waals surface area contributed by atoms with Gasteiger partial charge in [-0.1, -0.05) is 12.1 Å². The number of hydrogen-bond acceptors (Lipinski definition) is 4. The minimum atomic E-state index is -0.596. The van der Waals surface area contributed by atoms with Crippen LogP contribution in [0.1, 0.15) is 11.1 Å². The molecule has 1 N–H and O–H groups in total. The topological polar surface area (TPSA) is 78.7 Å². The monoisotopic (exact) mass is 273 g/mol. The molecule has 0 aliphatic heterocycles. The average molecular weight is 273 g/mol. The Hall–Kier alpha value is -2.26. The molecule has 0 aliphatic rings. The highest BCUT2D eigenvalue weighted by atomic mass is 32.2. The second-order valence-electron chi connectivity index (χ2n) is 3.93. The van der Waals surface area contributed by atoms with E-state index in [0.717, 1.165) is 21.9 Å². The van der Waals surface area contributed by atoms with Gasteiger partial charge in [0, 0.05) is 0 Å². The number of nitriles is 1. The first-order valence-corrected chi connectivity index (χ1v) is 6.71. The number of nitrogens with one attached hydrogen (secondary N) is 1. The summed E-state index contributed by atoms with van der Waals surface area (Å²) in [5, 5.41) is 9.34. The van der Waals surface area contributed by atoms with Crippen LogP contribution in [-0.2, 0) is 0 Å². The molecule has 0 amide bonds. The predicted octanol–water partition coefficient (Wildman–Crippen LogP) is 1.43. The molecule has 0 bridgehead atoms. The van der Waals surface area contributed by atoms with Gasteiger partial charge in [-0.3, -0.25) is 4.79 Å². The highest BCUT2D eigenvalue weighted by Gasteiger charge is 2.14. The van der Waals surface area contributed by atoms with Crippen LogP contribution in [-0.4, -0.2) is 15.8 Å². The number of H-pyrrole nitrogens is 1. The van der Waals surface area contributed by atoms with E-state index in [1.807, 2.05) is 19.1 Å². The first-order chi connectivity index (χ1) is 9.08. The Labute approximate surface area is 113 Å². The largest absolute Gasteiger partial charge is 0.333 e. The van der Waals surface area contributed by atoms with Gasteiger partial charge < -0.3 is 4.98 Å². The number of aromatic nitrogens is 2. The quantitative estimate of drug-likeness (QED) is 0.663.